The van der Waals surface area contributed by atoms with Gasteiger partial charge in [-0.3, -0.25) is 9.89 Å². The molecule has 94 valence electrons. The monoisotopic (exact) mass is 241 g/mol. The second kappa shape index (κ2) is 5.44. The highest BCUT2D eigenvalue weighted by Gasteiger charge is 2.15. The third kappa shape index (κ3) is 3.56. The van der Waals surface area contributed by atoms with Gasteiger partial charge in [0.1, 0.15) is 6.61 Å². The summed E-state index contributed by atoms with van der Waals surface area (Å²) in [6.07, 6.45) is -1.01. The van der Waals surface area contributed by atoms with E-state index >= 15 is 0 Å². The number of nitrogens with one attached hydrogen (secondary N) is 2. The molecule has 0 saturated heterocycles. The molecule has 0 fully saturated rings. The van der Waals surface area contributed by atoms with Crippen LogP contribution in [-0.4, -0.2) is 39.9 Å². The van der Waals surface area contributed by atoms with Gasteiger partial charge in [-0.1, -0.05) is 0 Å². The van der Waals surface area contributed by atoms with Crippen LogP contribution in [0, 0.1) is 13.8 Å². The predicted molar refractivity (Wildman–Crippen MR) is 59.7 cm³/mol. The first-order valence-electron chi connectivity index (χ1n) is 5.07. The number of carboxylic acid groups (broad SMARTS) is 1. The summed E-state index contributed by atoms with van der Waals surface area (Å²) in [5, 5.41) is 17.8. The van der Waals surface area contributed by atoms with Gasteiger partial charge in [0.05, 0.1) is 17.1 Å². The number of aromatic nitrogens is 2. The zero-order chi connectivity index (χ0) is 13.0. The molecule has 0 aliphatic heterocycles. The molecule has 0 radical (unpaired) electrons. The lowest BCUT2D eigenvalue weighted by Crippen LogP contribution is -2.26. The molecule has 0 aliphatic rings. The Hall–Kier alpha value is -1.89. The molecule has 0 saturated carbocycles. The summed E-state index contributed by atoms with van der Waals surface area (Å²) in [5.41, 5.74) is 2.01. The second-order valence-corrected chi connectivity index (χ2v) is 3.65. The van der Waals surface area contributed by atoms with Crippen molar-refractivity contribution >= 4 is 17.6 Å². The van der Waals surface area contributed by atoms with E-state index in [1.807, 2.05) is 0 Å². The normalized spacial score (nSPS) is 12.2. The summed E-state index contributed by atoms with van der Waals surface area (Å²) in [6.45, 7) is 4.58. The van der Waals surface area contributed by atoms with Crippen molar-refractivity contribution in [1.29, 1.82) is 0 Å². The van der Waals surface area contributed by atoms with E-state index in [-0.39, 0.29) is 6.61 Å². The molecule has 17 heavy (non-hydrogen) atoms. The molecule has 1 amide bonds. The van der Waals surface area contributed by atoms with E-state index in [0.29, 0.717) is 11.4 Å². The Labute approximate surface area is 98.2 Å². The van der Waals surface area contributed by atoms with Crippen molar-refractivity contribution in [2.24, 2.45) is 0 Å². The topological polar surface area (TPSA) is 104 Å². The predicted octanol–water partition coefficient (Wildman–Crippen LogP) is 0.455. The van der Waals surface area contributed by atoms with Crippen LogP contribution in [0.2, 0.25) is 0 Å². The highest BCUT2D eigenvalue weighted by atomic mass is 16.5. The van der Waals surface area contributed by atoms with Crippen LogP contribution in [-0.2, 0) is 14.3 Å². The summed E-state index contributed by atoms with van der Waals surface area (Å²) in [6, 6.07) is 0. The number of carbonyl (C=O) groups excluding carboxylic acids is 1. The number of anilines is 1. The number of hydrogen-bond acceptors (Lipinski definition) is 4. The van der Waals surface area contributed by atoms with E-state index in [4.69, 9.17) is 9.84 Å². The molecule has 3 N–H and O–H groups in total. The van der Waals surface area contributed by atoms with Gasteiger partial charge in [0.15, 0.2) is 6.10 Å². The lowest BCUT2D eigenvalue weighted by molar-refractivity contribution is -0.150. The van der Waals surface area contributed by atoms with Gasteiger partial charge in [-0.05, 0) is 20.8 Å². The third-order valence-electron chi connectivity index (χ3n) is 2.20. The van der Waals surface area contributed by atoms with Gasteiger partial charge < -0.3 is 15.2 Å². The number of ether oxygens (including phenoxy) is 1. The van der Waals surface area contributed by atoms with Gasteiger partial charge in [-0.25, -0.2) is 4.79 Å². The molecule has 1 unspecified atom stereocenters. The van der Waals surface area contributed by atoms with Crippen molar-refractivity contribution in [2.45, 2.75) is 26.9 Å². The van der Waals surface area contributed by atoms with Crippen molar-refractivity contribution in [3.63, 3.8) is 0 Å². The van der Waals surface area contributed by atoms with Crippen LogP contribution < -0.4 is 5.32 Å². The molecular weight excluding hydrogens is 226 g/mol. The molecule has 0 bridgehead atoms. The van der Waals surface area contributed by atoms with Crippen LogP contribution in [0.15, 0.2) is 0 Å². The third-order valence-corrected chi connectivity index (χ3v) is 2.20. The quantitative estimate of drug-likeness (QED) is 0.694. The van der Waals surface area contributed by atoms with E-state index in [9.17, 15) is 9.59 Å². The van der Waals surface area contributed by atoms with Crippen LogP contribution in [0.5, 0.6) is 0 Å². The Morgan fingerprint density at radius 1 is 1.53 bits per heavy atom. The molecule has 0 aromatic carbocycles. The highest BCUT2D eigenvalue weighted by molar-refractivity contribution is 5.92. The summed E-state index contributed by atoms with van der Waals surface area (Å²) >= 11 is 0. The Balaban J connectivity index is 2.48. The molecule has 1 aromatic heterocycles. The van der Waals surface area contributed by atoms with Crippen molar-refractivity contribution in [3.8, 4) is 0 Å². The number of aliphatic carboxylic acids is 1. The summed E-state index contributed by atoms with van der Waals surface area (Å²) in [7, 11) is 0. The first kappa shape index (κ1) is 13.2. The average Bonchev–Trinajstić information content (AvgIpc) is 2.57. The Bertz CT molecular complexity index is 408. The first-order chi connectivity index (χ1) is 7.91. The highest BCUT2D eigenvalue weighted by Crippen LogP contribution is 2.15. The van der Waals surface area contributed by atoms with Crippen LogP contribution in [0.3, 0.4) is 0 Å². The van der Waals surface area contributed by atoms with E-state index in [1.54, 1.807) is 13.8 Å². The number of H-pyrrole nitrogens is 1. The lowest BCUT2D eigenvalue weighted by atomic mass is 10.3. The molecule has 7 heteroatoms. The molecule has 7 nitrogen and oxygen atoms in total. The first-order valence-corrected chi connectivity index (χ1v) is 5.07. The van der Waals surface area contributed by atoms with Crippen molar-refractivity contribution in [1.82, 2.24) is 10.2 Å². The molecular formula is C10H15N3O4. The van der Waals surface area contributed by atoms with Gasteiger partial charge in [0, 0.05) is 0 Å². The average molecular weight is 241 g/mol. The number of aryl methyl sites for hydroxylation is 2. The zero-order valence-electron chi connectivity index (χ0n) is 9.90. The molecule has 1 heterocycles. The van der Waals surface area contributed by atoms with Crippen LogP contribution in [0.4, 0.5) is 5.69 Å². The van der Waals surface area contributed by atoms with Crippen molar-refractivity contribution in [3.05, 3.63) is 11.4 Å². The van der Waals surface area contributed by atoms with E-state index in [0.717, 1.165) is 5.69 Å². The number of amides is 1. The number of carbonyl (C=O) groups is 2. The fourth-order valence-electron chi connectivity index (χ4n) is 1.18. The minimum Gasteiger partial charge on any atom is -0.479 e. The van der Waals surface area contributed by atoms with Crippen LogP contribution >= 0.6 is 0 Å². The maximum Gasteiger partial charge on any atom is 0.332 e. The Kier molecular flexibility index (Phi) is 4.22. The second-order valence-electron chi connectivity index (χ2n) is 3.65. The smallest absolute Gasteiger partial charge is 0.332 e. The lowest BCUT2D eigenvalue weighted by Gasteiger charge is -2.08. The number of nitrogens with zero attached hydrogens (tertiary/aromatic N) is 1. The van der Waals surface area contributed by atoms with Gasteiger partial charge in [0.2, 0.25) is 0 Å². The maximum absolute atomic E-state index is 11.5. The van der Waals surface area contributed by atoms with Gasteiger partial charge in [-0.2, -0.15) is 5.10 Å². The fourth-order valence-corrected chi connectivity index (χ4v) is 1.18. The minimum absolute atomic E-state index is 0.308. The van der Waals surface area contributed by atoms with Crippen LogP contribution in [0.25, 0.3) is 0 Å². The number of rotatable bonds is 5. The molecule has 1 aromatic rings. The SMILES string of the molecule is Cc1n[nH]c(C)c1NC(=O)COC(C)C(=O)O. The molecule has 0 spiro atoms. The Morgan fingerprint density at radius 3 is 2.65 bits per heavy atom. The number of aromatic amines is 1. The molecule has 1 rings (SSSR count). The van der Waals surface area contributed by atoms with E-state index in [2.05, 4.69) is 15.5 Å². The van der Waals surface area contributed by atoms with E-state index in [1.165, 1.54) is 6.92 Å². The minimum atomic E-state index is -1.10. The van der Waals surface area contributed by atoms with Crippen LogP contribution in [0.1, 0.15) is 18.3 Å². The number of carboxylic acids is 1. The summed E-state index contributed by atoms with van der Waals surface area (Å²) < 4.78 is 4.85. The summed E-state index contributed by atoms with van der Waals surface area (Å²) in [5.74, 6) is -1.51. The van der Waals surface area contributed by atoms with Crippen molar-refractivity contribution in [2.75, 3.05) is 11.9 Å². The largest absolute Gasteiger partial charge is 0.479 e. The fraction of sp³-hybridized carbons (Fsp3) is 0.500. The van der Waals surface area contributed by atoms with E-state index < -0.39 is 18.0 Å². The Morgan fingerprint density at radius 2 is 2.18 bits per heavy atom. The standard InChI is InChI=1S/C10H15N3O4/c1-5-9(6(2)13-12-5)11-8(14)4-17-7(3)10(15)16/h7H,4H2,1-3H3,(H,11,14)(H,12,13)(H,15,16). The van der Waals surface area contributed by atoms with Gasteiger partial charge in [-0.15, -0.1) is 0 Å². The van der Waals surface area contributed by atoms with Crippen molar-refractivity contribution < 1.29 is 19.4 Å². The van der Waals surface area contributed by atoms with Gasteiger partial charge in [0.25, 0.3) is 5.91 Å². The number of hydrogen-bond donors (Lipinski definition) is 3. The maximum atomic E-state index is 11.5. The molecule has 1 atom stereocenters. The zero-order valence-corrected chi connectivity index (χ0v) is 9.90. The van der Waals surface area contributed by atoms with Gasteiger partial charge >= 0.3 is 5.97 Å². The summed E-state index contributed by atoms with van der Waals surface area (Å²) in [4.78, 5) is 21.9. The molecule has 0 aliphatic carbocycles.